The lowest BCUT2D eigenvalue weighted by atomic mass is 9.70. The molecule has 16 nitrogen and oxygen atoms in total. The molecule has 0 bridgehead atoms. The van der Waals surface area contributed by atoms with E-state index in [0.717, 1.165) is 0 Å². The molecular formula is C35H62N3O13+. The maximum atomic E-state index is 13.2. The highest BCUT2D eigenvalue weighted by Crippen LogP contribution is 2.41. The Morgan fingerprint density at radius 3 is 1.53 bits per heavy atom. The summed E-state index contributed by atoms with van der Waals surface area (Å²) >= 11 is 0. The number of ether oxygens (including phenoxy) is 4. The standard InChI is InChI=1S/C35H61N3O13/c1-12-33(6,21-32(4,5)28(44)49-18-16-38(9,10)11)30(46)51-20-24(27(42)43)37-26(41)23(36)19-50-31(47)35(8,14-3)22-34(7,13-2)29(45)48-17-15-25(39)40/h23-24H,12-22,36H2,1-11H3,(H2-,37,39,40,41,42,43)/p+1/t23-,24-,33?,34?,35?/m0/s1. The summed E-state index contributed by atoms with van der Waals surface area (Å²) in [5.41, 5.74) is 1.32. The van der Waals surface area contributed by atoms with Crippen molar-refractivity contribution in [3.8, 4) is 0 Å². The molecule has 0 aromatic heterocycles. The predicted molar refractivity (Wildman–Crippen MR) is 185 cm³/mol. The van der Waals surface area contributed by atoms with Gasteiger partial charge < -0.3 is 44.7 Å². The molecule has 0 spiro atoms. The number of carboxylic acid groups (broad SMARTS) is 2. The molecule has 5 atom stereocenters. The number of rotatable bonds is 24. The van der Waals surface area contributed by atoms with Crippen LogP contribution in [0.15, 0.2) is 0 Å². The van der Waals surface area contributed by atoms with E-state index in [2.05, 4.69) is 5.32 Å². The van der Waals surface area contributed by atoms with Gasteiger partial charge in [-0.05, 0) is 66.7 Å². The second kappa shape index (κ2) is 19.7. The van der Waals surface area contributed by atoms with Crippen molar-refractivity contribution in [2.24, 2.45) is 27.4 Å². The molecule has 0 aromatic carbocycles. The monoisotopic (exact) mass is 732 g/mol. The van der Waals surface area contributed by atoms with Gasteiger partial charge in [0.15, 0.2) is 6.04 Å². The fourth-order valence-corrected chi connectivity index (χ4v) is 5.15. The molecule has 0 radical (unpaired) electrons. The Bertz CT molecular complexity index is 1250. The normalized spacial score (nSPS) is 16.5. The van der Waals surface area contributed by atoms with Crippen LogP contribution in [0, 0.1) is 21.7 Å². The van der Waals surface area contributed by atoms with E-state index in [-0.39, 0.29) is 51.7 Å². The molecule has 0 aromatic rings. The van der Waals surface area contributed by atoms with Crippen LogP contribution in [0.1, 0.15) is 93.9 Å². The van der Waals surface area contributed by atoms with Gasteiger partial charge in [0.25, 0.3) is 0 Å². The second-order valence-corrected chi connectivity index (χ2v) is 15.6. The van der Waals surface area contributed by atoms with E-state index in [1.54, 1.807) is 55.4 Å². The molecular weight excluding hydrogens is 670 g/mol. The van der Waals surface area contributed by atoms with E-state index < -0.39 is 88.7 Å². The summed E-state index contributed by atoms with van der Waals surface area (Å²) < 4.78 is 21.9. The van der Waals surface area contributed by atoms with Gasteiger partial charge in [-0.2, -0.15) is 0 Å². The van der Waals surface area contributed by atoms with Crippen LogP contribution in [0.4, 0.5) is 0 Å². The van der Waals surface area contributed by atoms with Crippen molar-refractivity contribution in [3.63, 3.8) is 0 Å². The predicted octanol–water partition coefficient (Wildman–Crippen LogP) is 2.29. The molecule has 0 aliphatic heterocycles. The zero-order valence-corrected chi connectivity index (χ0v) is 32.3. The first-order chi connectivity index (χ1) is 23.2. The van der Waals surface area contributed by atoms with Crippen LogP contribution >= 0.6 is 0 Å². The van der Waals surface area contributed by atoms with Gasteiger partial charge >= 0.3 is 35.8 Å². The highest BCUT2D eigenvalue weighted by Gasteiger charge is 2.46. The topological polar surface area (TPSA) is 235 Å². The van der Waals surface area contributed by atoms with Crippen LogP contribution in [-0.2, 0) is 52.5 Å². The number of likely N-dealkylation sites (N-methyl/N-ethyl adjacent to an activating group) is 1. The average Bonchev–Trinajstić information content (AvgIpc) is 3.03. The summed E-state index contributed by atoms with van der Waals surface area (Å²) in [7, 11) is 5.89. The van der Waals surface area contributed by atoms with Crippen molar-refractivity contribution < 1.29 is 67.2 Å². The molecule has 51 heavy (non-hydrogen) atoms. The van der Waals surface area contributed by atoms with Gasteiger partial charge in [0, 0.05) is 0 Å². The zero-order valence-electron chi connectivity index (χ0n) is 32.3. The Labute approximate surface area is 301 Å². The van der Waals surface area contributed by atoms with Gasteiger partial charge in [-0.25, -0.2) is 4.79 Å². The van der Waals surface area contributed by atoms with Crippen molar-refractivity contribution in [1.82, 2.24) is 5.32 Å². The van der Waals surface area contributed by atoms with Crippen molar-refractivity contribution >= 4 is 41.7 Å². The smallest absolute Gasteiger partial charge is 0.329 e. The maximum Gasteiger partial charge on any atom is 0.329 e. The number of aliphatic carboxylic acids is 2. The van der Waals surface area contributed by atoms with Crippen LogP contribution in [0.25, 0.3) is 0 Å². The van der Waals surface area contributed by atoms with Gasteiger partial charge in [0.1, 0.15) is 39.0 Å². The van der Waals surface area contributed by atoms with Gasteiger partial charge in [-0.15, -0.1) is 0 Å². The van der Waals surface area contributed by atoms with Gasteiger partial charge in [0.05, 0.1) is 49.2 Å². The van der Waals surface area contributed by atoms with E-state index in [0.29, 0.717) is 11.0 Å². The third kappa shape index (κ3) is 15.6. The molecule has 0 aliphatic rings. The van der Waals surface area contributed by atoms with Gasteiger partial charge in [-0.3, -0.25) is 28.8 Å². The Morgan fingerprint density at radius 1 is 0.667 bits per heavy atom. The highest BCUT2D eigenvalue weighted by molar-refractivity contribution is 5.88. The number of nitrogens with one attached hydrogen (secondary N) is 1. The first kappa shape index (κ1) is 47.2. The van der Waals surface area contributed by atoms with Crippen molar-refractivity contribution in [2.75, 3.05) is 54.1 Å². The number of hydrogen-bond acceptors (Lipinski definition) is 12. The maximum absolute atomic E-state index is 13.2. The summed E-state index contributed by atoms with van der Waals surface area (Å²) in [5.74, 6) is -6.28. The van der Waals surface area contributed by atoms with Crippen LogP contribution in [0.5, 0.6) is 0 Å². The number of nitrogens with two attached hydrogens (primary N) is 1. The number of carbonyl (C=O) groups is 7. The highest BCUT2D eigenvalue weighted by atomic mass is 16.5. The molecule has 0 saturated heterocycles. The molecule has 16 heteroatoms. The molecule has 0 heterocycles. The molecule has 0 rings (SSSR count). The van der Waals surface area contributed by atoms with Crippen LogP contribution in [0.3, 0.4) is 0 Å². The minimum atomic E-state index is -1.68. The Morgan fingerprint density at radius 2 is 1.10 bits per heavy atom. The van der Waals surface area contributed by atoms with Crippen LogP contribution < -0.4 is 11.1 Å². The molecule has 1 amide bonds. The number of nitrogens with zero attached hydrogens (tertiary/aromatic N) is 1. The third-order valence-electron chi connectivity index (χ3n) is 9.26. The van der Waals surface area contributed by atoms with E-state index in [1.807, 2.05) is 21.1 Å². The Kier molecular flexibility index (Phi) is 18.3. The fraction of sp³-hybridized carbons (Fsp3) is 0.800. The minimum Gasteiger partial charge on any atom is -0.481 e. The van der Waals surface area contributed by atoms with Crippen LogP contribution in [0.2, 0.25) is 0 Å². The van der Waals surface area contributed by atoms with Gasteiger partial charge in [-0.1, -0.05) is 20.8 Å². The number of esters is 4. The lowest BCUT2D eigenvalue weighted by Crippen LogP contribution is -2.52. The minimum absolute atomic E-state index is 0.00273. The first-order valence-electron chi connectivity index (χ1n) is 17.2. The van der Waals surface area contributed by atoms with Crippen LogP contribution in [-0.4, -0.2) is 123 Å². The largest absolute Gasteiger partial charge is 0.481 e. The quantitative estimate of drug-likeness (QED) is 0.0634. The third-order valence-corrected chi connectivity index (χ3v) is 9.26. The van der Waals surface area contributed by atoms with Crippen molar-refractivity contribution in [3.05, 3.63) is 0 Å². The number of amides is 1. The van der Waals surface area contributed by atoms with Crippen molar-refractivity contribution in [1.29, 1.82) is 0 Å². The summed E-state index contributed by atoms with van der Waals surface area (Å²) in [5, 5.41) is 20.7. The Balaban J connectivity index is 5.41. The molecule has 3 unspecified atom stereocenters. The average molecular weight is 733 g/mol. The first-order valence-corrected chi connectivity index (χ1v) is 17.2. The lowest BCUT2D eigenvalue weighted by Gasteiger charge is -2.35. The summed E-state index contributed by atoms with van der Waals surface area (Å²) in [6.45, 7) is 12.4. The molecule has 0 saturated carbocycles. The molecule has 294 valence electrons. The van der Waals surface area contributed by atoms with E-state index in [4.69, 9.17) is 29.8 Å². The lowest BCUT2D eigenvalue weighted by molar-refractivity contribution is -0.870. The number of hydrogen-bond donors (Lipinski definition) is 4. The second-order valence-electron chi connectivity index (χ2n) is 15.6. The van der Waals surface area contributed by atoms with Crippen molar-refractivity contribution in [2.45, 2.75) is 106 Å². The fourth-order valence-electron chi connectivity index (χ4n) is 5.15. The van der Waals surface area contributed by atoms with E-state index >= 15 is 0 Å². The number of carbonyl (C=O) groups excluding carboxylic acids is 5. The van der Waals surface area contributed by atoms with Gasteiger partial charge in [0.2, 0.25) is 5.91 Å². The van der Waals surface area contributed by atoms with E-state index in [1.165, 1.54) is 0 Å². The van der Waals surface area contributed by atoms with E-state index in [9.17, 15) is 38.7 Å². The Hall–Kier alpha value is -3.79. The number of quaternary nitrogens is 1. The zero-order chi connectivity index (χ0) is 40.0. The summed E-state index contributed by atoms with van der Waals surface area (Å²) in [6, 6.07) is -3.17. The molecule has 5 N–H and O–H groups in total. The molecule has 0 aliphatic carbocycles. The summed E-state index contributed by atoms with van der Waals surface area (Å²) in [6.07, 6.45) is 0.473. The number of carboxylic acids is 2. The SMILES string of the molecule is CCC(C)(CC(C)(C)C(=O)OCC[N+](C)(C)C)C(=O)OC[C@H](NC(=O)[C@@H](N)COC(=O)C(C)(CC)CC(C)(CC)C(=O)OCCC(=O)O)C(=O)O. The molecule has 0 fully saturated rings. The summed E-state index contributed by atoms with van der Waals surface area (Å²) in [4.78, 5) is 87.6.